The van der Waals surface area contributed by atoms with Gasteiger partial charge in [0, 0.05) is 12.7 Å². The maximum absolute atomic E-state index is 10.5. The summed E-state index contributed by atoms with van der Waals surface area (Å²) in [5, 5.41) is 2.87. The van der Waals surface area contributed by atoms with Crippen molar-refractivity contribution in [1.29, 1.82) is 0 Å². The van der Waals surface area contributed by atoms with Crippen LogP contribution in [0.1, 0.15) is 20.8 Å². The van der Waals surface area contributed by atoms with Crippen LogP contribution in [0.25, 0.3) is 0 Å². The van der Waals surface area contributed by atoms with E-state index in [0.717, 1.165) is 5.70 Å². The van der Waals surface area contributed by atoms with E-state index in [0.29, 0.717) is 6.61 Å². The van der Waals surface area contributed by atoms with E-state index in [1.54, 1.807) is 13.0 Å². The maximum atomic E-state index is 10.5. The molecule has 0 aromatic carbocycles. The fourth-order valence-electron chi connectivity index (χ4n) is 0.576. The van der Waals surface area contributed by atoms with Gasteiger partial charge in [-0.25, -0.2) is 0 Å². The minimum Gasteiger partial charge on any atom is -0.466 e. The van der Waals surface area contributed by atoms with Gasteiger partial charge >= 0.3 is 5.97 Å². The lowest BCUT2D eigenvalue weighted by atomic mass is 10.2. The first-order valence-electron chi connectivity index (χ1n) is 5.31. The normalized spacial score (nSPS) is 9.31. The van der Waals surface area contributed by atoms with E-state index in [9.17, 15) is 4.79 Å². The van der Waals surface area contributed by atoms with Gasteiger partial charge in [-0.15, -0.1) is 0 Å². The van der Waals surface area contributed by atoms with Crippen LogP contribution in [0.2, 0.25) is 0 Å². The van der Waals surface area contributed by atoms with Gasteiger partial charge in [-0.2, -0.15) is 0 Å². The molecule has 0 fully saturated rings. The Morgan fingerprint density at radius 1 is 1.50 bits per heavy atom. The van der Waals surface area contributed by atoms with Crippen molar-refractivity contribution in [2.24, 2.45) is 5.92 Å². The molecule has 0 spiro atoms. The second kappa shape index (κ2) is 11.6. The molecule has 0 aromatic heterocycles. The molecule has 0 heterocycles. The third-order valence-electron chi connectivity index (χ3n) is 1.51. The smallest absolute Gasteiger partial charge is 0.308 e. The van der Waals surface area contributed by atoms with Crippen molar-refractivity contribution in [3.8, 4) is 0 Å². The maximum Gasteiger partial charge on any atom is 0.308 e. The molecule has 92 valence electrons. The van der Waals surface area contributed by atoms with Gasteiger partial charge in [-0.3, -0.25) is 4.79 Å². The second-order valence-corrected chi connectivity index (χ2v) is 3.28. The van der Waals surface area contributed by atoms with Crippen molar-refractivity contribution in [3.63, 3.8) is 0 Å². The number of allylic oxidation sites excluding steroid dienone is 3. The Labute approximate surface area is 98.9 Å². The van der Waals surface area contributed by atoms with Crippen LogP contribution in [0, 0.1) is 5.92 Å². The molecule has 0 aliphatic rings. The number of likely N-dealkylation sites (N-methyl/N-ethyl adjacent to an activating group) is 1. The van der Waals surface area contributed by atoms with E-state index in [1.165, 1.54) is 0 Å². The Kier molecular flexibility index (Phi) is 12.2. The number of ether oxygens (including phenoxy) is 1. The SMILES string of the molecule is C=C/C=C\C(=C)NC.CCOC(=O)C(C)C. The fourth-order valence-corrected chi connectivity index (χ4v) is 0.576. The third kappa shape index (κ3) is 12.5. The van der Waals surface area contributed by atoms with Crippen molar-refractivity contribution in [2.75, 3.05) is 13.7 Å². The van der Waals surface area contributed by atoms with Gasteiger partial charge in [-0.05, 0) is 13.0 Å². The summed E-state index contributed by atoms with van der Waals surface area (Å²) in [7, 11) is 1.83. The Hall–Kier alpha value is -1.51. The van der Waals surface area contributed by atoms with Gasteiger partial charge in [-0.1, -0.05) is 39.2 Å². The quantitative estimate of drug-likeness (QED) is 0.577. The Balaban J connectivity index is 0. The highest BCUT2D eigenvalue weighted by Crippen LogP contribution is 1.93. The number of nitrogens with one attached hydrogen (secondary N) is 1. The van der Waals surface area contributed by atoms with Crippen LogP contribution in [-0.2, 0) is 9.53 Å². The van der Waals surface area contributed by atoms with Gasteiger partial charge in [0.25, 0.3) is 0 Å². The summed E-state index contributed by atoms with van der Waals surface area (Å²) >= 11 is 0. The summed E-state index contributed by atoms with van der Waals surface area (Å²) in [6.07, 6.45) is 5.40. The molecule has 0 saturated carbocycles. The Bertz CT molecular complexity index is 242. The first-order chi connectivity index (χ1) is 7.49. The lowest BCUT2D eigenvalue weighted by Gasteiger charge is -2.01. The molecule has 0 radical (unpaired) electrons. The molecule has 0 atom stereocenters. The lowest BCUT2D eigenvalue weighted by molar-refractivity contribution is -0.146. The van der Waals surface area contributed by atoms with Crippen LogP contribution >= 0.6 is 0 Å². The molecule has 1 N–H and O–H groups in total. The average molecular weight is 225 g/mol. The van der Waals surface area contributed by atoms with Gasteiger partial charge in [0.15, 0.2) is 0 Å². The van der Waals surface area contributed by atoms with Gasteiger partial charge in [0.2, 0.25) is 0 Å². The van der Waals surface area contributed by atoms with Crippen molar-refractivity contribution >= 4 is 5.97 Å². The highest BCUT2D eigenvalue weighted by Gasteiger charge is 2.04. The summed E-state index contributed by atoms with van der Waals surface area (Å²) in [4.78, 5) is 10.5. The molecule has 0 unspecified atom stereocenters. The minimum atomic E-state index is -0.118. The van der Waals surface area contributed by atoms with Crippen molar-refractivity contribution < 1.29 is 9.53 Å². The predicted molar refractivity (Wildman–Crippen MR) is 69.0 cm³/mol. The van der Waals surface area contributed by atoms with E-state index in [4.69, 9.17) is 0 Å². The van der Waals surface area contributed by atoms with Crippen LogP contribution in [0.3, 0.4) is 0 Å². The van der Waals surface area contributed by atoms with Gasteiger partial charge < -0.3 is 10.1 Å². The van der Waals surface area contributed by atoms with Crippen molar-refractivity contribution in [1.82, 2.24) is 5.32 Å². The summed E-state index contributed by atoms with van der Waals surface area (Å²) in [6.45, 7) is 13.1. The first kappa shape index (κ1) is 16.9. The predicted octanol–water partition coefficient (Wildman–Crippen LogP) is 2.67. The zero-order valence-electron chi connectivity index (χ0n) is 10.7. The monoisotopic (exact) mass is 225 g/mol. The molecular formula is C13H23NO2. The topological polar surface area (TPSA) is 38.3 Å². The van der Waals surface area contributed by atoms with Crippen molar-refractivity contribution in [3.05, 3.63) is 37.1 Å². The fraction of sp³-hybridized carbons (Fsp3) is 0.462. The third-order valence-corrected chi connectivity index (χ3v) is 1.51. The van der Waals surface area contributed by atoms with Crippen LogP contribution < -0.4 is 5.32 Å². The van der Waals surface area contributed by atoms with E-state index in [1.807, 2.05) is 33.0 Å². The van der Waals surface area contributed by atoms with E-state index in [2.05, 4.69) is 23.2 Å². The lowest BCUT2D eigenvalue weighted by Crippen LogP contribution is -2.10. The molecule has 0 bridgehead atoms. The molecule has 0 aliphatic heterocycles. The van der Waals surface area contributed by atoms with Crippen molar-refractivity contribution in [2.45, 2.75) is 20.8 Å². The summed E-state index contributed by atoms with van der Waals surface area (Å²) < 4.78 is 4.66. The first-order valence-corrected chi connectivity index (χ1v) is 5.31. The molecule has 0 saturated heterocycles. The van der Waals surface area contributed by atoms with Crippen LogP contribution in [0.4, 0.5) is 0 Å². The number of hydrogen-bond donors (Lipinski definition) is 1. The van der Waals surface area contributed by atoms with E-state index < -0.39 is 0 Å². The molecule has 0 aliphatic carbocycles. The zero-order chi connectivity index (χ0) is 13.0. The molecule has 3 heteroatoms. The molecule has 0 rings (SSSR count). The standard InChI is InChI=1S/C7H11N.C6H12O2/c1-4-5-6-7(2)8-3;1-4-8-6(7)5(2)3/h4-6,8H,1-2H2,3H3;5H,4H2,1-3H3/b6-5-;. The van der Waals surface area contributed by atoms with E-state index in [-0.39, 0.29) is 11.9 Å². The van der Waals surface area contributed by atoms with Gasteiger partial charge in [0.1, 0.15) is 0 Å². The highest BCUT2D eigenvalue weighted by molar-refractivity contribution is 5.71. The van der Waals surface area contributed by atoms with E-state index >= 15 is 0 Å². The molecular weight excluding hydrogens is 202 g/mol. The van der Waals surface area contributed by atoms with Crippen LogP contribution in [0.5, 0.6) is 0 Å². The second-order valence-electron chi connectivity index (χ2n) is 3.28. The number of rotatable bonds is 5. The number of hydrogen-bond acceptors (Lipinski definition) is 3. The largest absolute Gasteiger partial charge is 0.466 e. The van der Waals surface area contributed by atoms with Crippen LogP contribution in [0.15, 0.2) is 37.1 Å². The number of esters is 1. The zero-order valence-corrected chi connectivity index (χ0v) is 10.7. The summed E-state index contributed by atoms with van der Waals surface area (Å²) in [5.41, 5.74) is 0.893. The molecule has 16 heavy (non-hydrogen) atoms. The average Bonchev–Trinajstić information content (AvgIpc) is 2.27. The minimum absolute atomic E-state index is 0.00921. The highest BCUT2D eigenvalue weighted by atomic mass is 16.5. The van der Waals surface area contributed by atoms with Gasteiger partial charge in [0.05, 0.1) is 12.5 Å². The molecule has 3 nitrogen and oxygen atoms in total. The van der Waals surface area contributed by atoms with Crippen LogP contribution in [-0.4, -0.2) is 19.6 Å². The molecule has 0 aromatic rings. The Morgan fingerprint density at radius 3 is 2.31 bits per heavy atom. The molecule has 0 amide bonds. The number of carbonyl (C=O) groups excluding carboxylic acids is 1. The Morgan fingerprint density at radius 2 is 2.06 bits per heavy atom. The number of carbonyl (C=O) groups is 1. The summed E-state index contributed by atoms with van der Waals surface area (Å²) in [6, 6.07) is 0. The summed E-state index contributed by atoms with van der Waals surface area (Å²) in [5.74, 6) is -0.109.